The highest BCUT2D eigenvalue weighted by atomic mass is 32.2. The summed E-state index contributed by atoms with van der Waals surface area (Å²) in [5.41, 5.74) is 0.741. The van der Waals surface area contributed by atoms with E-state index in [1.54, 1.807) is 33.7 Å². The van der Waals surface area contributed by atoms with E-state index in [2.05, 4.69) is 27.0 Å². The SMILES string of the molecule is C=CCN(CCC)C(=O)[C@@H]1[C@H]2C(=O)N([C@@H](CO)CC(C)C)C(C(=O)N(CC=C)c3ccc4ccccc4c3)C23CC[C@H]1S3. The van der Waals surface area contributed by atoms with E-state index in [1.165, 1.54) is 0 Å². The molecular weight excluding hydrogens is 558 g/mol. The van der Waals surface area contributed by atoms with Gasteiger partial charge in [0.1, 0.15) is 6.04 Å². The molecule has 0 aliphatic carbocycles. The molecule has 3 aliphatic heterocycles. The summed E-state index contributed by atoms with van der Waals surface area (Å²) >= 11 is 1.67. The van der Waals surface area contributed by atoms with Crippen LogP contribution in [0.3, 0.4) is 0 Å². The van der Waals surface area contributed by atoms with Crippen LogP contribution >= 0.6 is 11.8 Å². The molecule has 2 aromatic carbocycles. The molecule has 8 heteroatoms. The lowest BCUT2D eigenvalue weighted by atomic mass is 9.70. The number of anilines is 1. The van der Waals surface area contributed by atoms with Gasteiger partial charge in [-0.05, 0) is 54.5 Å². The number of hydrogen-bond donors (Lipinski definition) is 1. The standard InChI is InChI=1S/C35H45N3O4S/c1-6-17-36(18-7-2)32(40)29-28-15-16-35(43-28)30(29)33(41)38(27(22-39)20-23(4)5)31(35)34(42)37(19-8-3)26-14-13-24-11-9-10-12-25(24)21-26/h6,8-14,21,23,27-31,39H,1,3,7,15-20,22H2,2,4-5H3/t27-,28-,29+,30+,31?,35?/m1/s1. The molecule has 3 amide bonds. The van der Waals surface area contributed by atoms with Crippen LogP contribution in [0, 0.1) is 17.8 Å². The molecule has 5 rings (SSSR count). The summed E-state index contributed by atoms with van der Waals surface area (Å²) in [6.07, 6.45) is 6.29. The first-order valence-electron chi connectivity index (χ1n) is 15.6. The second-order valence-electron chi connectivity index (χ2n) is 12.6. The average molecular weight is 604 g/mol. The Balaban J connectivity index is 1.60. The number of rotatable bonds is 13. The van der Waals surface area contributed by atoms with E-state index in [1.807, 2.05) is 54.3 Å². The van der Waals surface area contributed by atoms with Gasteiger partial charge in [0.05, 0.1) is 29.2 Å². The van der Waals surface area contributed by atoms with Crippen molar-refractivity contribution in [3.8, 4) is 0 Å². The summed E-state index contributed by atoms with van der Waals surface area (Å²) < 4.78 is -0.730. The van der Waals surface area contributed by atoms with Crippen molar-refractivity contribution in [2.24, 2.45) is 17.8 Å². The van der Waals surface area contributed by atoms with Gasteiger partial charge in [-0.25, -0.2) is 0 Å². The predicted octanol–water partition coefficient (Wildman–Crippen LogP) is 5.28. The molecule has 43 heavy (non-hydrogen) atoms. The van der Waals surface area contributed by atoms with Gasteiger partial charge in [-0.15, -0.1) is 24.9 Å². The molecule has 0 radical (unpaired) electrons. The number of carbonyl (C=O) groups is 3. The summed E-state index contributed by atoms with van der Waals surface area (Å²) in [7, 11) is 0. The highest BCUT2D eigenvalue weighted by molar-refractivity contribution is 8.02. The lowest BCUT2D eigenvalue weighted by molar-refractivity contribution is -0.145. The van der Waals surface area contributed by atoms with Gasteiger partial charge in [-0.1, -0.05) is 63.3 Å². The first kappa shape index (κ1) is 31.3. The maximum Gasteiger partial charge on any atom is 0.251 e. The summed E-state index contributed by atoms with van der Waals surface area (Å²) in [5.74, 6) is -1.26. The van der Waals surface area contributed by atoms with E-state index in [0.29, 0.717) is 25.9 Å². The Morgan fingerprint density at radius 3 is 2.49 bits per heavy atom. The van der Waals surface area contributed by atoms with E-state index in [9.17, 15) is 19.5 Å². The normalized spacial score (nSPS) is 26.5. The Kier molecular flexibility index (Phi) is 9.37. The van der Waals surface area contributed by atoms with E-state index in [4.69, 9.17) is 0 Å². The molecular formula is C35H45N3O4S. The number of nitrogens with zero attached hydrogens (tertiary/aromatic N) is 3. The fourth-order valence-electron chi connectivity index (χ4n) is 7.74. The molecule has 1 spiro atoms. The molecule has 0 aromatic heterocycles. The quantitative estimate of drug-likeness (QED) is 0.315. The molecule has 2 bridgehead atoms. The Morgan fingerprint density at radius 1 is 1.12 bits per heavy atom. The van der Waals surface area contributed by atoms with Crippen LogP contribution in [0.25, 0.3) is 10.8 Å². The lowest BCUT2D eigenvalue weighted by Gasteiger charge is -2.40. The summed E-state index contributed by atoms with van der Waals surface area (Å²) in [4.78, 5) is 48.9. The maximum atomic E-state index is 15.0. The van der Waals surface area contributed by atoms with Crippen molar-refractivity contribution in [2.45, 2.75) is 68.5 Å². The van der Waals surface area contributed by atoms with Crippen molar-refractivity contribution in [3.05, 3.63) is 67.8 Å². The minimum Gasteiger partial charge on any atom is -0.394 e. The lowest BCUT2D eigenvalue weighted by Crippen LogP contribution is -2.58. The molecule has 6 atom stereocenters. The molecule has 3 aliphatic rings. The Bertz CT molecular complexity index is 1390. The fourth-order valence-corrected chi connectivity index (χ4v) is 9.93. The number of fused-ring (bicyclic) bond motifs is 2. The van der Waals surface area contributed by atoms with E-state index in [0.717, 1.165) is 29.3 Å². The number of benzene rings is 2. The van der Waals surface area contributed by atoms with Crippen LogP contribution in [-0.4, -0.2) is 80.9 Å². The van der Waals surface area contributed by atoms with Crippen LogP contribution in [-0.2, 0) is 14.4 Å². The van der Waals surface area contributed by atoms with Crippen molar-refractivity contribution < 1.29 is 19.5 Å². The van der Waals surface area contributed by atoms with Crippen LogP contribution in [0.5, 0.6) is 0 Å². The van der Waals surface area contributed by atoms with Crippen molar-refractivity contribution in [1.29, 1.82) is 0 Å². The van der Waals surface area contributed by atoms with E-state index >= 15 is 0 Å². The van der Waals surface area contributed by atoms with Gasteiger partial charge in [-0.3, -0.25) is 14.4 Å². The van der Waals surface area contributed by atoms with Crippen LogP contribution in [0.4, 0.5) is 5.69 Å². The fraction of sp³-hybridized carbons (Fsp3) is 0.514. The van der Waals surface area contributed by atoms with Crippen LogP contribution < -0.4 is 4.90 Å². The monoisotopic (exact) mass is 603 g/mol. The molecule has 2 aromatic rings. The Morgan fingerprint density at radius 2 is 1.84 bits per heavy atom. The first-order chi connectivity index (χ1) is 20.7. The molecule has 1 N–H and O–H groups in total. The maximum absolute atomic E-state index is 15.0. The van der Waals surface area contributed by atoms with Gasteiger partial charge in [0.25, 0.3) is 5.91 Å². The van der Waals surface area contributed by atoms with Crippen molar-refractivity contribution >= 4 is 45.9 Å². The van der Waals surface area contributed by atoms with Gasteiger partial charge in [0, 0.05) is 30.6 Å². The zero-order valence-electron chi connectivity index (χ0n) is 25.7. The largest absolute Gasteiger partial charge is 0.394 e. The van der Waals surface area contributed by atoms with Gasteiger partial charge in [0.15, 0.2) is 0 Å². The van der Waals surface area contributed by atoms with Gasteiger partial charge in [-0.2, -0.15) is 0 Å². The Labute approximate surface area is 260 Å². The van der Waals surface area contributed by atoms with E-state index < -0.39 is 28.7 Å². The first-order valence-corrected chi connectivity index (χ1v) is 16.5. The van der Waals surface area contributed by atoms with Crippen LogP contribution in [0.15, 0.2) is 67.8 Å². The van der Waals surface area contributed by atoms with Crippen LogP contribution in [0.1, 0.15) is 46.5 Å². The highest BCUT2D eigenvalue weighted by Crippen LogP contribution is 2.67. The number of hydrogen-bond acceptors (Lipinski definition) is 5. The summed E-state index contributed by atoms with van der Waals surface area (Å²) in [6.45, 7) is 15.0. The number of thioether (sulfide) groups is 1. The number of likely N-dealkylation sites (tertiary alicyclic amines) is 1. The zero-order valence-corrected chi connectivity index (χ0v) is 26.5. The third kappa shape index (κ3) is 5.42. The third-order valence-corrected chi connectivity index (χ3v) is 11.3. The minimum absolute atomic E-state index is 0.0192. The third-order valence-electron chi connectivity index (χ3n) is 9.38. The zero-order chi connectivity index (χ0) is 30.9. The highest BCUT2D eigenvalue weighted by Gasteiger charge is 2.74. The average Bonchev–Trinajstić information content (AvgIpc) is 3.65. The topological polar surface area (TPSA) is 81.2 Å². The summed E-state index contributed by atoms with van der Waals surface area (Å²) in [5, 5.41) is 12.7. The number of aliphatic hydroxyl groups is 1. The second kappa shape index (κ2) is 12.9. The molecule has 2 unspecified atom stereocenters. The molecule has 230 valence electrons. The number of carbonyl (C=O) groups excluding carboxylic acids is 3. The minimum atomic E-state index is -0.792. The van der Waals surface area contributed by atoms with Crippen molar-refractivity contribution in [2.75, 3.05) is 31.1 Å². The van der Waals surface area contributed by atoms with Gasteiger partial charge >= 0.3 is 0 Å². The van der Waals surface area contributed by atoms with Gasteiger partial charge < -0.3 is 19.8 Å². The van der Waals surface area contributed by atoms with E-state index in [-0.39, 0.29) is 42.0 Å². The molecule has 3 heterocycles. The molecule has 0 saturated carbocycles. The van der Waals surface area contributed by atoms with Crippen LogP contribution in [0.2, 0.25) is 0 Å². The van der Waals surface area contributed by atoms with Crippen molar-refractivity contribution in [3.63, 3.8) is 0 Å². The second-order valence-corrected chi connectivity index (χ2v) is 14.2. The number of aliphatic hydroxyl groups excluding tert-OH is 1. The van der Waals surface area contributed by atoms with Crippen molar-refractivity contribution in [1.82, 2.24) is 9.80 Å². The Hall–Kier alpha value is -3.10. The molecule has 3 fully saturated rings. The molecule has 7 nitrogen and oxygen atoms in total. The molecule has 3 saturated heterocycles. The number of amides is 3. The summed E-state index contributed by atoms with van der Waals surface area (Å²) in [6, 6.07) is 12.7. The smallest absolute Gasteiger partial charge is 0.251 e. The van der Waals surface area contributed by atoms with Gasteiger partial charge in [0.2, 0.25) is 11.8 Å². The predicted molar refractivity (Wildman–Crippen MR) is 175 cm³/mol.